The van der Waals surface area contributed by atoms with E-state index in [-0.39, 0.29) is 23.9 Å². The predicted molar refractivity (Wildman–Crippen MR) is 72.2 cm³/mol. The third-order valence-corrected chi connectivity index (χ3v) is 3.66. The number of carbonyl (C=O) groups is 2. The minimum atomic E-state index is -0.315. The Morgan fingerprint density at radius 1 is 1.11 bits per heavy atom. The average Bonchev–Trinajstić information content (AvgIpc) is 2.37. The van der Waals surface area contributed by atoms with Crippen molar-refractivity contribution >= 4 is 11.8 Å². The van der Waals surface area contributed by atoms with Gasteiger partial charge in [-0.05, 0) is 19.8 Å². The number of piperazine rings is 1. The van der Waals surface area contributed by atoms with E-state index in [0.29, 0.717) is 13.0 Å². The van der Waals surface area contributed by atoms with E-state index < -0.39 is 0 Å². The molecule has 1 heterocycles. The highest BCUT2D eigenvalue weighted by Crippen LogP contribution is 2.14. The van der Waals surface area contributed by atoms with Crippen LogP contribution in [0.2, 0.25) is 0 Å². The number of amides is 2. The van der Waals surface area contributed by atoms with Crippen molar-refractivity contribution in [2.24, 2.45) is 0 Å². The Morgan fingerprint density at radius 2 is 1.78 bits per heavy atom. The summed E-state index contributed by atoms with van der Waals surface area (Å²) in [6.45, 7) is 6.64. The second kappa shape index (κ2) is 7.39. The van der Waals surface area contributed by atoms with Crippen LogP contribution in [-0.2, 0) is 9.59 Å². The summed E-state index contributed by atoms with van der Waals surface area (Å²) in [5.41, 5.74) is 0. The molecule has 0 radical (unpaired) electrons. The largest absolute Gasteiger partial charge is 0.343 e. The van der Waals surface area contributed by atoms with Gasteiger partial charge in [0.05, 0.1) is 0 Å². The van der Waals surface area contributed by atoms with Crippen molar-refractivity contribution < 1.29 is 9.59 Å². The molecule has 1 N–H and O–H groups in total. The monoisotopic (exact) mass is 254 g/mol. The highest BCUT2D eigenvalue weighted by atomic mass is 16.2. The molecule has 1 rings (SSSR count). The Labute approximate surface area is 110 Å². The van der Waals surface area contributed by atoms with Gasteiger partial charge in [-0.25, -0.2) is 0 Å². The van der Waals surface area contributed by atoms with Crippen LogP contribution in [0.5, 0.6) is 0 Å². The van der Waals surface area contributed by atoms with Gasteiger partial charge >= 0.3 is 0 Å². The van der Waals surface area contributed by atoms with Gasteiger partial charge < -0.3 is 10.2 Å². The molecule has 0 saturated carbocycles. The van der Waals surface area contributed by atoms with Crippen molar-refractivity contribution in [1.29, 1.82) is 0 Å². The zero-order valence-corrected chi connectivity index (χ0v) is 11.9. The van der Waals surface area contributed by atoms with E-state index in [0.717, 1.165) is 12.8 Å². The van der Waals surface area contributed by atoms with Crippen molar-refractivity contribution in [3.8, 4) is 0 Å². The molecule has 0 aliphatic carbocycles. The number of hydrogen-bond donors (Lipinski definition) is 1. The van der Waals surface area contributed by atoms with Crippen molar-refractivity contribution in [3.05, 3.63) is 0 Å². The maximum Gasteiger partial charge on any atom is 0.245 e. The lowest BCUT2D eigenvalue weighted by Crippen LogP contribution is -2.62. The SMILES string of the molecule is CCCCCCCN1C(=O)C(CC)NC(=O)C1C. The molecule has 4 nitrogen and oxygen atoms in total. The summed E-state index contributed by atoms with van der Waals surface area (Å²) < 4.78 is 0. The molecule has 2 unspecified atom stereocenters. The fourth-order valence-electron chi connectivity index (χ4n) is 2.35. The molecule has 18 heavy (non-hydrogen) atoms. The maximum atomic E-state index is 12.1. The summed E-state index contributed by atoms with van der Waals surface area (Å²) in [7, 11) is 0. The molecule has 0 aromatic rings. The molecule has 1 fully saturated rings. The topological polar surface area (TPSA) is 49.4 Å². The van der Waals surface area contributed by atoms with E-state index in [1.807, 2.05) is 13.8 Å². The van der Waals surface area contributed by atoms with Gasteiger partial charge in [0, 0.05) is 6.54 Å². The minimum Gasteiger partial charge on any atom is -0.343 e. The first-order valence-electron chi connectivity index (χ1n) is 7.22. The number of rotatable bonds is 7. The van der Waals surface area contributed by atoms with E-state index >= 15 is 0 Å². The van der Waals surface area contributed by atoms with E-state index in [9.17, 15) is 9.59 Å². The zero-order valence-electron chi connectivity index (χ0n) is 11.9. The zero-order chi connectivity index (χ0) is 13.5. The standard InChI is InChI=1S/C14H26N2O2/c1-4-6-7-8-9-10-16-11(3)13(17)15-12(5-2)14(16)18/h11-12H,4-10H2,1-3H3,(H,15,17). The average molecular weight is 254 g/mol. The number of nitrogens with zero attached hydrogens (tertiary/aromatic N) is 1. The molecule has 0 aromatic carbocycles. The van der Waals surface area contributed by atoms with Gasteiger partial charge in [0.25, 0.3) is 0 Å². The van der Waals surface area contributed by atoms with Gasteiger partial charge in [-0.1, -0.05) is 39.5 Å². The lowest BCUT2D eigenvalue weighted by atomic mass is 10.1. The fraction of sp³-hybridized carbons (Fsp3) is 0.857. The third-order valence-electron chi connectivity index (χ3n) is 3.66. The Bertz CT molecular complexity index is 292. The second-order valence-electron chi connectivity index (χ2n) is 5.09. The van der Waals surface area contributed by atoms with Gasteiger partial charge in [0.2, 0.25) is 11.8 Å². The molecule has 1 aliphatic heterocycles. The Hall–Kier alpha value is -1.06. The summed E-state index contributed by atoms with van der Waals surface area (Å²) in [6.07, 6.45) is 6.50. The molecule has 0 spiro atoms. The number of hydrogen-bond acceptors (Lipinski definition) is 2. The van der Waals surface area contributed by atoms with Crippen molar-refractivity contribution in [3.63, 3.8) is 0 Å². The highest BCUT2D eigenvalue weighted by Gasteiger charge is 2.36. The first-order chi connectivity index (χ1) is 8.61. The van der Waals surface area contributed by atoms with E-state index in [2.05, 4.69) is 12.2 Å². The van der Waals surface area contributed by atoms with Gasteiger partial charge in [-0.15, -0.1) is 0 Å². The molecular formula is C14H26N2O2. The van der Waals surface area contributed by atoms with Crippen LogP contribution in [0.3, 0.4) is 0 Å². The van der Waals surface area contributed by atoms with Gasteiger partial charge in [0.15, 0.2) is 0 Å². The second-order valence-corrected chi connectivity index (χ2v) is 5.09. The fourth-order valence-corrected chi connectivity index (χ4v) is 2.35. The Kier molecular flexibility index (Phi) is 6.16. The molecule has 0 aromatic heterocycles. The van der Waals surface area contributed by atoms with E-state index in [1.54, 1.807) is 4.90 Å². The van der Waals surface area contributed by atoms with Crippen LogP contribution in [-0.4, -0.2) is 35.3 Å². The number of nitrogens with one attached hydrogen (secondary N) is 1. The van der Waals surface area contributed by atoms with Crippen LogP contribution in [0.15, 0.2) is 0 Å². The highest BCUT2D eigenvalue weighted by molar-refractivity contribution is 5.96. The van der Waals surface area contributed by atoms with Crippen molar-refractivity contribution in [1.82, 2.24) is 10.2 Å². The predicted octanol–water partition coefficient (Wildman–Crippen LogP) is 2.08. The summed E-state index contributed by atoms with van der Waals surface area (Å²) in [5, 5.41) is 2.78. The summed E-state index contributed by atoms with van der Waals surface area (Å²) in [6, 6.07) is -0.629. The molecule has 1 saturated heterocycles. The van der Waals surface area contributed by atoms with Crippen LogP contribution in [0.1, 0.15) is 59.3 Å². The smallest absolute Gasteiger partial charge is 0.245 e. The molecular weight excluding hydrogens is 228 g/mol. The van der Waals surface area contributed by atoms with Gasteiger partial charge in [0.1, 0.15) is 12.1 Å². The molecule has 2 atom stereocenters. The van der Waals surface area contributed by atoms with E-state index in [1.165, 1.54) is 19.3 Å². The van der Waals surface area contributed by atoms with Crippen LogP contribution in [0, 0.1) is 0 Å². The molecule has 1 aliphatic rings. The molecule has 4 heteroatoms. The van der Waals surface area contributed by atoms with Crippen molar-refractivity contribution in [2.45, 2.75) is 71.4 Å². The van der Waals surface area contributed by atoms with Crippen LogP contribution in [0.4, 0.5) is 0 Å². The lowest BCUT2D eigenvalue weighted by molar-refractivity contribution is -0.148. The normalized spacial score (nSPS) is 24.3. The van der Waals surface area contributed by atoms with Crippen LogP contribution < -0.4 is 5.32 Å². The quantitative estimate of drug-likeness (QED) is 0.707. The van der Waals surface area contributed by atoms with E-state index in [4.69, 9.17) is 0 Å². The van der Waals surface area contributed by atoms with Crippen LogP contribution in [0.25, 0.3) is 0 Å². The summed E-state index contributed by atoms with van der Waals surface area (Å²) >= 11 is 0. The maximum absolute atomic E-state index is 12.1. The Balaban J connectivity index is 2.44. The van der Waals surface area contributed by atoms with Crippen LogP contribution >= 0.6 is 0 Å². The number of unbranched alkanes of at least 4 members (excludes halogenated alkanes) is 4. The first-order valence-corrected chi connectivity index (χ1v) is 7.22. The molecule has 2 amide bonds. The first kappa shape index (κ1) is 15.0. The molecule has 0 bridgehead atoms. The van der Waals surface area contributed by atoms with Gasteiger partial charge in [-0.2, -0.15) is 0 Å². The third kappa shape index (κ3) is 3.72. The summed E-state index contributed by atoms with van der Waals surface area (Å²) in [5.74, 6) is 0.0649. The minimum absolute atomic E-state index is 0.0185. The lowest BCUT2D eigenvalue weighted by Gasteiger charge is -2.37. The number of carbonyl (C=O) groups excluding carboxylic acids is 2. The molecule has 104 valence electrons. The summed E-state index contributed by atoms with van der Waals surface area (Å²) in [4.78, 5) is 25.6. The van der Waals surface area contributed by atoms with Gasteiger partial charge in [-0.3, -0.25) is 9.59 Å². The van der Waals surface area contributed by atoms with Crippen molar-refractivity contribution in [2.75, 3.05) is 6.54 Å². The Morgan fingerprint density at radius 3 is 2.39 bits per heavy atom.